The third-order valence-electron chi connectivity index (χ3n) is 6.24. The number of benzene rings is 2. The molecule has 2 aromatic carbocycles. The fraction of sp³-hybridized carbons (Fsp3) is 0.393. The number of likely N-dealkylation sites (N-methyl/N-ethyl adjacent to an activating group) is 1. The highest BCUT2D eigenvalue weighted by Crippen LogP contribution is 2.26. The lowest BCUT2D eigenvalue weighted by Crippen LogP contribution is -2.47. The molecular weight excluding hydrogens is 503 g/mol. The molecule has 1 N–H and O–H groups in total. The van der Waals surface area contributed by atoms with Crippen molar-refractivity contribution < 1.29 is 13.9 Å². The standard InChI is InChI=1S/C28H35FN6O2S/c1-33(2)12-11-30-27(36)22-8-6-7-21(17-22)20-38-28-31-23(19-37-3)18-26(32-28)35-15-13-34(14-16-35)25-10-5-4-9-24(25)29/h4-10,17-18H,11-16,19-20H2,1-3H3,(H,30,36). The summed E-state index contributed by atoms with van der Waals surface area (Å²) in [6.45, 7) is 4.65. The number of ether oxygens (including phenoxy) is 1. The molecule has 2 heterocycles. The van der Waals surface area contributed by atoms with Crippen LogP contribution in [0.4, 0.5) is 15.9 Å². The van der Waals surface area contributed by atoms with Crippen LogP contribution in [0.25, 0.3) is 0 Å². The summed E-state index contributed by atoms with van der Waals surface area (Å²) in [6, 6.07) is 16.5. The van der Waals surface area contributed by atoms with Crippen LogP contribution in [0.2, 0.25) is 0 Å². The molecule has 0 radical (unpaired) electrons. The Morgan fingerprint density at radius 1 is 1.05 bits per heavy atom. The number of halogens is 1. The highest BCUT2D eigenvalue weighted by molar-refractivity contribution is 7.98. The minimum absolute atomic E-state index is 0.0751. The zero-order valence-electron chi connectivity index (χ0n) is 22.2. The van der Waals surface area contributed by atoms with Crippen LogP contribution >= 0.6 is 11.8 Å². The summed E-state index contributed by atoms with van der Waals surface area (Å²) in [5.41, 5.74) is 3.12. The van der Waals surface area contributed by atoms with E-state index < -0.39 is 0 Å². The van der Waals surface area contributed by atoms with Gasteiger partial charge in [-0.3, -0.25) is 4.79 Å². The summed E-state index contributed by atoms with van der Waals surface area (Å²) in [6.07, 6.45) is 0. The first-order valence-electron chi connectivity index (χ1n) is 12.7. The van der Waals surface area contributed by atoms with Crippen molar-refractivity contribution in [3.05, 3.63) is 77.2 Å². The summed E-state index contributed by atoms with van der Waals surface area (Å²) in [5, 5.41) is 3.62. The van der Waals surface area contributed by atoms with Gasteiger partial charge in [-0.15, -0.1) is 0 Å². The first-order valence-corrected chi connectivity index (χ1v) is 13.7. The highest BCUT2D eigenvalue weighted by atomic mass is 32.2. The molecule has 1 aliphatic rings. The van der Waals surface area contributed by atoms with Crippen molar-refractivity contribution in [2.45, 2.75) is 17.5 Å². The van der Waals surface area contributed by atoms with Gasteiger partial charge in [-0.2, -0.15) is 0 Å². The average molecular weight is 539 g/mol. The first-order chi connectivity index (χ1) is 18.4. The molecule has 202 valence electrons. The Kier molecular flexibility index (Phi) is 9.91. The van der Waals surface area contributed by atoms with E-state index in [1.54, 1.807) is 13.2 Å². The summed E-state index contributed by atoms with van der Waals surface area (Å²) in [5.74, 6) is 1.21. The molecule has 1 aliphatic heterocycles. The van der Waals surface area contributed by atoms with Crippen molar-refractivity contribution in [1.29, 1.82) is 0 Å². The Bertz CT molecular complexity index is 1220. The molecule has 0 spiro atoms. The van der Waals surface area contributed by atoms with Crippen LogP contribution in [0.3, 0.4) is 0 Å². The lowest BCUT2D eigenvalue weighted by molar-refractivity contribution is 0.0951. The van der Waals surface area contributed by atoms with E-state index >= 15 is 0 Å². The number of amides is 1. The van der Waals surface area contributed by atoms with E-state index in [-0.39, 0.29) is 11.7 Å². The maximum atomic E-state index is 14.2. The van der Waals surface area contributed by atoms with E-state index in [0.29, 0.717) is 48.4 Å². The predicted molar refractivity (Wildman–Crippen MR) is 150 cm³/mol. The lowest BCUT2D eigenvalue weighted by atomic mass is 10.1. The monoisotopic (exact) mass is 538 g/mol. The van der Waals surface area contributed by atoms with Crippen LogP contribution in [0.5, 0.6) is 0 Å². The zero-order chi connectivity index (χ0) is 26.9. The Morgan fingerprint density at radius 3 is 2.55 bits per heavy atom. The molecule has 1 aromatic heterocycles. The number of rotatable bonds is 11. The average Bonchev–Trinajstić information content (AvgIpc) is 2.92. The van der Waals surface area contributed by atoms with Gasteiger partial charge < -0.3 is 24.8 Å². The lowest BCUT2D eigenvalue weighted by Gasteiger charge is -2.37. The number of para-hydroxylation sites is 1. The van der Waals surface area contributed by atoms with Crippen molar-refractivity contribution in [2.24, 2.45) is 0 Å². The minimum Gasteiger partial charge on any atom is -0.378 e. The molecule has 0 saturated carbocycles. The quantitative estimate of drug-likeness (QED) is 0.293. The van der Waals surface area contributed by atoms with Gasteiger partial charge in [0.2, 0.25) is 0 Å². The van der Waals surface area contributed by atoms with Gasteiger partial charge in [0.25, 0.3) is 5.91 Å². The third kappa shape index (κ3) is 7.66. The molecule has 1 amide bonds. The Morgan fingerprint density at radius 2 is 1.82 bits per heavy atom. The molecule has 0 unspecified atom stereocenters. The van der Waals surface area contributed by atoms with Gasteiger partial charge in [0, 0.05) is 63.8 Å². The molecule has 3 aromatic rings. The second-order valence-corrected chi connectivity index (χ2v) is 10.3. The number of thioether (sulfide) groups is 1. The van der Waals surface area contributed by atoms with Gasteiger partial charge in [-0.05, 0) is 43.9 Å². The normalized spacial score (nSPS) is 13.7. The van der Waals surface area contributed by atoms with Crippen LogP contribution < -0.4 is 15.1 Å². The van der Waals surface area contributed by atoms with Crippen molar-refractivity contribution in [2.75, 3.05) is 70.3 Å². The number of aromatic nitrogens is 2. The second-order valence-electron chi connectivity index (χ2n) is 9.41. The largest absolute Gasteiger partial charge is 0.378 e. The molecule has 1 fully saturated rings. The number of hydrogen-bond acceptors (Lipinski definition) is 8. The van der Waals surface area contributed by atoms with Crippen LogP contribution in [0.1, 0.15) is 21.6 Å². The van der Waals surface area contributed by atoms with Crippen molar-refractivity contribution >= 4 is 29.2 Å². The summed E-state index contributed by atoms with van der Waals surface area (Å²) < 4.78 is 19.6. The molecule has 4 rings (SSSR count). The first kappa shape index (κ1) is 27.8. The Hall–Kier alpha value is -3.21. The SMILES string of the molecule is COCc1cc(N2CCN(c3ccccc3F)CC2)nc(SCc2cccc(C(=O)NCCN(C)C)c2)n1. The molecule has 8 nitrogen and oxygen atoms in total. The maximum Gasteiger partial charge on any atom is 0.251 e. The predicted octanol–water partition coefficient (Wildman–Crippen LogP) is 3.67. The molecule has 10 heteroatoms. The van der Waals surface area contributed by atoms with Crippen molar-refractivity contribution in [3.8, 4) is 0 Å². The van der Waals surface area contributed by atoms with E-state index in [2.05, 4.69) is 20.1 Å². The van der Waals surface area contributed by atoms with Crippen LogP contribution in [0.15, 0.2) is 59.8 Å². The number of hydrogen-bond donors (Lipinski definition) is 1. The van der Waals surface area contributed by atoms with Gasteiger partial charge >= 0.3 is 0 Å². The molecule has 38 heavy (non-hydrogen) atoms. The number of anilines is 2. The second kappa shape index (κ2) is 13.5. The van der Waals surface area contributed by atoms with Gasteiger partial charge in [-0.1, -0.05) is 36.0 Å². The highest BCUT2D eigenvalue weighted by Gasteiger charge is 2.21. The van der Waals surface area contributed by atoms with E-state index in [9.17, 15) is 9.18 Å². The van der Waals surface area contributed by atoms with E-state index in [0.717, 1.165) is 36.7 Å². The summed E-state index contributed by atoms with van der Waals surface area (Å²) in [7, 11) is 5.60. The van der Waals surface area contributed by atoms with Gasteiger partial charge in [0.05, 0.1) is 18.0 Å². The summed E-state index contributed by atoms with van der Waals surface area (Å²) >= 11 is 1.53. The summed E-state index contributed by atoms with van der Waals surface area (Å²) in [4.78, 5) is 28.3. The Labute approximate surface area is 228 Å². The third-order valence-corrected chi connectivity index (χ3v) is 7.15. The van der Waals surface area contributed by atoms with Gasteiger partial charge in [0.1, 0.15) is 11.6 Å². The number of carbonyl (C=O) groups excluding carboxylic acids is 1. The molecule has 0 bridgehead atoms. The molecule has 1 saturated heterocycles. The maximum absolute atomic E-state index is 14.2. The smallest absolute Gasteiger partial charge is 0.251 e. The fourth-order valence-corrected chi connectivity index (χ4v) is 5.05. The number of nitrogens with one attached hydrogen (secondary N) is 1. The Balaban J connectivity index is 1.40. The number of nitrogens with zero attached hydrogens (tertiary/aromatic N) is 5. The number of piperazine rings is 1. The topological polar surface area (TPSA) is 73.8 Å². The van der Waals surface area contributed by atoms with Crippen molar-refractivity contribution in [3.63, 3.8) is 0 Å². The number of carbonyl (C=O) groups is 1. The number of methoxy groups -OCH3 is 1. The molecule has 0 atom stereocenters. The van der Waals surface area contributed by atoms with E-state index in [1.165, 1.54) is 17.8 Å². The van der Waals surface area contributed by atoms with E-state index in [4.69, 9.17) is 9.72 Å². The van der Waals surface area contributed by atoms with Gasteiger partial charge in [-0.25, -0.2) is 14.4 Å². The van der Waals surface area contributed by atoms with E-state index in [1.807, 2.05) is 61.5 Å². The minimum atomic E-state index is -0.195. The molecule has 0 aliphatic carbocycles. The fourth-order valence-electron chi connectivity index (χ4n) is 4.24. The van der Waals surface area contributed by atoms with Crippen molar-refractivity contribution in [1.82, 2.24) is 20.2 Å². The zero-order valence-corrected chi connectivity index (χ0v) is 23.0. The van der Waals surface area contributed by atoms with Crippen LogP contribution in [-0.2, 0) is 17.1 Å². The van der Waals surface area contributed by atoms with Crippen LogP contribution in [-0.4, -0.2) is 81.2 Å². The van der Waals surface area contributed by atoms with Gasteiger partial charge in [0.15, 0.2) is 5.16 Å². The molecular formula is C28H35FN6O2S. The van der Waals surface area contributed by atoms with Crippen LogP contribution in [0, 0.1) is 5.82 Å².